The minimum Gasteiger partial charge on any atom is -0.379 e. The van der Waals surface area contributed by atoms with Crippen LogP contribution in [0.15, 0.2) is 4.99 Å². The molecule has 7 nitrogen and oxygen atoms in total. The maximum Gasteiger partial charge on any atom is 0.191 e. The summed E-state index contributed by atoms with van der Waals surface area (Å²) >= 11 is 0. The Bertz CT molecular complexity index is 610. The van der Waals surface area contributed by atoms with Crippen molar-refractivity contribution in [3.05, 3.63) is 17.0 Å². The van der Waals surface area contributed by atoms with Crippen LogP contribution < -0.4 is 10.6 Å². The molecule has 1 aromatic heterocycles. The third-order valence-electron chi connectivity index (χ3n) is 5.45. The molecule has 1 aliphatic heterocycles. The van der Waals surface area contributed by atoms with E-state index in [0.717, 1.165) is 58.2 Å². The number of hydrogen-bond donors (Lipinski definition) is 2. The van der Waals surface area contributed by atoms with Crippen LogP contribution in [-0.4, -0.2) is 66.6 Å². The monoisotopic (exact) mass is 506 g/mol. The van der Waals surface area contributed by atoms with Crippen LogP contribution in [0, 0.1) is 5.92 Å². The Hall–Kier alpha value is -0.870. The molecule has 1 atom stereocenters. The molecule has 0 bridgehead atoms. The number of rotatable bonds is 8. The van der Waals surface area contributed by atoms with Crippen molar-refractivity contribution in [1.82, 2.24) is 25.3 Å². The van der Waals surface area contributed by atoms with Gasteiger partial charge in [0.1, 0.15) is 0 Å². The van der Waals surface area contributed by atoms with Crippen molar-refractivity contribution in [3.8, 4) is 0 Å². The molecule has 2 rings (SSSR count). The first-order valence-electron chi connectivity index (χ1n) is 10.3. The van der Waals surface area contributed by atoms with Crippen LogP contribution >= 0.6 is 24.0 Å². The number of ether oxygens (including phenoxy) is 1. The van der Waals surface area contributed by atoms with Crippen LogP contribution in [0.4, 0.5) is 0 Å². The summed E-state index contributed by atoms with van der Waals surface area (Å²) in [4.78, 5) is 6.95. The van der Waals surface area contributed by atoms with Crippen LogP contribution in [0.1, 0.15) is 44.6 Å². The topological polar surface area (TPSA) is 66.7 Å². The van der Waals surface area contributed by atoms with Gasteiger partial charge < -0.3 is 15.4 Å². The second-order valence-electron chi connectivity index (χ2n) is 7.47. The molecule has 0 saturated carbocycles. The number of morpholine rings is 1. The Morgan fingerprint density at radius 1 is 1.18 bits per heavy atom. The molecule has 0 aliphatic carbocycles. The van der Waals surface area contributed by atoms with Crippen molar-refractivity contribution in [2.45, 2.75) is 53.1 Å². The van der Waals surface area contributed by atoms with Crippen LogP contribution in [0.3, 0.4) is 0 Å². The molecular formula is C20H39IN6O. The quantitative estimate of drug-likeness (QED) is 0.322. The maximum absolute atomic E-state index is 5.50. The summed E-state index contributed by atoms with van der Waals surface area (Å²) in [5.41, 5.74) is 3.77. The fourth-order valence-electron chi connectivity index (χ4n) is 3.88. The minimum atomic E-state index is 0. The largest absolute Gasteiger partial charge is 0.379 e. The van der Waals surface area contributed by atoms with Crippen molar-refractivity contribution >= 4 is 29.9 Å². The number of aromatic nitrogens is 2. The van der Waals surface area contributed by atoms with Gasteiger partial charge in [0.15, 0.2) is 5.96 Å². The second-order valence-corrected chi connectivity index (χ2v) is 7.47. The van der Waals surface area contributed by atoms with E-state index in [4.69, 9.17) is 4.74 Å². The first-order chi connectivity index (χ1) is 13.0. The summed E-state index contributed by atoms with van der Waals surface area (Å²) in [6, 6.07) is 0.475. The number of hydrogen-bond acceptors (Lipinski definition) is 4. The molecule has 1 fully saturated rings. The van der Waals surface area contributed by atoms with Gasteiger partial charge in [0.05, 0.1) is 18.9 Å². The van der Waals surface area contributed by atoms with Gasteiger partial charge in [-0.2, -0.15) is 5.10 Å². The van der Waals surface area contributed by atoms with Gasteiger partial charge in [-0.05, 0) is 18.8 Å². The molecule has 2 heterocycles. The lowest BCUT2D eigenvalue weighted by Crippen LogP contribution is -2.52. The number of aliphatic imine (C=N–C) groups is 1. The molecule has 1 saturated heterocycles. The van der Waals surface area contributed by atoms with Gasteiger partial charge in [-0.1, -0.05) is 27.7 Å². The van der Waals surface area contributed by atoms with E-state index in [-0.39, 0.29) is 24.0 Å². The van der Waals surface area contributed by atoms with E-state index < -0.39 is 0 Å². The van der Waals surface area contributed by atoms with Gasteiger partial charge in [0, 0.05) is 57.6 Å². The fraction of sp³-hybridized carbons (Fsp3) is 0.800. The summed E-state index contributed by atoms with van der Waals surface area (Å²) < 4.78 is 7.52. The molecular weight excluding hydrogens is 467 g/mol. The van der Waals surface area contributed by atoms with E-state index >= 15 is 0 Å². The number of nitrogens with zero attached hydrogens (tertiary/aromatic N) is 4. The smallest absolute Gasteiger partial charge is 0.191 e. The molecule has 1 aromatic rings. The Morgan fingerprint density at radius 3 is 2.39 bits per heavy atom. The SMILES string of the molecule is CCc1nn(C)c(CC)c1CNC(=NC)NCC(C(C)C)N1CCOCC1.I. The molecule has 0 radical (unpaired) electrons. The predicted octanol–water partition coefficient (Wildman–Crippen LogP) is 2.18. The Morgan fingerprint density at radius 2 is 1.86 bits per heavy atom. The summed E-state index contributed by atoms with van der Waals surface area (Å²) in [6.45, 7) is 14.2. The molecule has 1 unspecified atom stereocenters. The average Bonchev–Trinajstić information content (AvgIpc) is 2.99. The highest BCUT2D eigenvalue weighted by Crippen LogP contribution is 2.15. The van der Waals surface area contributed by atoms with E-state index in [1.165, 1.54) is 17.0 Å². The van der Waals surface area contributed by atoms with Crippen molar-refractivity contribution < 1.29 is 4.74 Å². The minimum absolute atomic E-state index is 0. The summed E-state index contributed by atoms with van der Waals surface area (Å²) in [6.07, 6.45) is 1.93. The Balaban J connectivity index is 0.00000392. The fourth-order valence-corrected chi connectivity index (χ4v) is 3.88. The highest BCUT2D eigenvalue weighted by atomic mass is 127. The normalized spacial score (nSPS) is 16.8. The third-order valence-corrected chi connectivity index (χ3v) is 5.45. The zero-order valence-electron chi connectivity index (χ0n) is 18.4. The highest BCUT2D eigenvalue weighted by Gasteiger charge is 2.24. The molecule has 2 N–H and O–H groups in total. The van der Waals surface area contributed by atoms with Crippen molar-refractivity contribution in [3.63, 3.8) is 0 Å². The third kappa shape index (κ3) is 6.59. The number of halogens is 1. The van der Waals surface area contributed by atoms with Gasteiger partial charge in [-0.15, -0.1) is 24.0 Å². The van der Waals surface area contributed by atoms with Crippen LogP contribution in [0.2, 0.25) is 0 Å². The molecule has 1 aliphatic rings. The molecule has 0 amide bonds. The van der Waals surface area contributed by atoms with Gasteiger partial charge in [0.25, 0.3) is 0 Å². The van der Waals surface area contributed by atoms with Gasteiger partial charge in [-0.25, -0.2) is 0 Å². The zero-order valence-corrected chi connectivity index (χ0v) is 20.7. The average molecular weight is 506 g/mol. The number of aryl methyl sites for hydroxylation is 2. The predicted molar refractivity (Wildman–Crippen MR) is 127 cm³/mol. The molecule has 0 aromatic carbocycles. The standard InChI is InChI=1S/C20H38N6O.HI/c1-7-17-16(18(8-2)25(6)24-17)13-22-20(21-5)23-14-19(15(3)4)26-9-11-27-12-10-26;/h15,19H,7-14H2,1-6H3,(H2,21,22,23);1H. The molecule has 162 valence electrons. The molecule has 28 heavy (non-hydrogen) atoms. The van der Waals surface area contributed by atoms with Crippen LogP contribution in [0.25, 0.3) is 0 Å². The second kappa shape index (κ2) is 12.6. The van der Waals surface area contributed by atoms with E-state index in [0.29, 0.717) is 12.0 Å². The highest BCUT2D eigenvalue weighted by molar-refractivity contribution is 14.0. The van der Waals surface area contributed by atoms with Gasteiger partial charge in [-0.3, -0.25) is 14.6 Å². The lowest BCUT2D eigenvalue weighted by molar-refractivity contribution is 0.00752. The Labute approximate surface area is 187 Å². The molecule has 0 spiro atoms. The maximum atomic E-state index is 5.50. The lowest BCUT2D eigenvalue weighted by Gasteiger charge is -2.37. The van der Waals surface area contributed by atoms with E-state index in [2.05, 4.69) is 53.3 Å². The summed E-state index contributed by atoms with van der Waals surface area (Å²) in [5.74, 6) is 1.42. The van der Waals surface area contributed by atoms with Crippen molar-refractivity contribution in [2.75, 3.05) is 39.9 Å². The first kappa shape index (κ1) is 25.2. The molecule has 8 heteroatoms. The van der Waals surface area contributed by atoms with Crippen molar-refractivity contribution in [1.29, 1.82) is 0 Å². The first-order valence-corrected chi connectivity index (χ1v) is 10.3. The van der Waals surface area contributed by atoms with Gasteiger partial charge in [0.2, 0.25) is 0 Å². The van der Waals surface area contributed by atoms with Crippen LogP contribution in [0.5, 0.6) is 0 Å². The number of guanidine groups is 1. The van der Waals surface area contributed by atoms with E-state index in [1.54, 1.807) is 0 Å². The Kier molecular flexibility index (Phi) is 11.4. The van der Waals surface area contributed by atoms with Crippen molar-refractivity contribution in [2.24, 2.45) is 18.0 Å². The van der Waals surface area contributed by atoms with Gasteiger partial charge >= 0.3 is 0 Å². The van der Waals surface area contributed by atoms with E-state index in [9.17, 15) is 0 Å². The summed E-state index contributed by atoms with van der Waals surface area (Å²) in [5, 5.41) is 11.7. The van der Waals surface area contributed by atoms with Crippen LogP contribution in [-0.2, 0) is 31.2 Å². The lowest BCUT2D eigenvalue weighted by atomic mass is 10.0. The summed E-state index contributed by atoms with van der Waals surface area (Å²) in [7, 11) is 3.86. The zero-order chi connectivity index (χ0) is 19.8. The van der Waals surface area contributed by atoms with E-state index in [1.807, 2.05) is 18.8 Å². The number of nitrogens with one attached hydrogen (secondary N) is 2.